The number of rotatable bonds is 7. The number of nitrogens with zero attached hydrogens (tertiary/aromatic N) is 2. The Balaban J connectivity index is 1.63. The lowest BCUT2D eigenvalue weighted by atomic mass is 9.90. The van der Waals surface area contributed by atoms with E-state index in [0.717, 1.165) is 31.7 Å². The molecule has 2 N–H and O–H groups in total. The minimum atomic E-state index is 0.0838. The summed E-state index contributed by atoms with van der Waals surface area (Å²) in [5.41, 5.74) is 3.35. The topological polar surface area (TPSA) is 59.3 Å². The molecule has 0 bridgehead atoms. The van der Waals surface area contributed by atoms with Crippen molar-refractivity contribution in [3.63, 3.8) is 0 Å². The third-order valence-electron chi connectivity index (χ3n) is 5.07. The third-order valence-corrected chi connectivity index (χ3v) is 5.07. The molecular formula is C20H29N3O2. The Morgan fingerprint density at radius 3 is 3.08 bits per heavy atom. The quantitative estimate of drug-likeness (QED) is 0.810. The van der Waals surface area contributed by atoms with Crippen LogP contribution >= 0.6 is 0 Å². The minimum Gasteiger partial charge on any atom is -0.392 e. The van der Waals surface area contributed by atoms with Crippen LogP contribution in [0.3, 0.4) is 0 Å². The molecule has 25 heavy (non-hydrogen) atoms. The number of benzene rings is 1. The van der Waals surface area contributed by atoms with Gasteiger partial charge in [-0.05, 0) is 37.8 Å². The van der Waals surface area contributed by atoms with Crippen LogP contribution in [0.2, 0.25) is 0 Å². The van der Waals surface area contributed by atoms with Gasteiger partial charge in [-0.1, -0.05) is 24.3 Å². The number of aliphatic hydroxyl groups excluding tert-OH is 1. The summed E-state index contributed by atoms with van der Waals surface area (Å²) in [6, 6.07) is 8.37. The molecule has 0 aliphatic carbocycles. The molecule has 0 spiro atoms. The van der Waals surface area contributed by atoms with Crippen molar-refractivity contribution in [3.05, 3.63) is 53.3 Å². The lowest BCUT2D eigenvalue weighted by Crippen LogP contribution is -2.33. The number of nitrogens with one attached hydrogen (secondary N) is 1. The van der Waals surface area contributed by atoms with Gasteiger partial charge in [0.25, 0.3) is 0 Å². The Morgan fingerprint density at radius 1 is 1.44 bits per heavy atom. The van der Waals surface area contributed by atoms with Gasteiger partial charge in [0.2, 0.25) is 0 Å². The van der Waals surface area contributed by atoms with Gasteiger partial charge < -0.3 is 15.2 Å². The Hall–Kier alpha value is -1.69. The van der Waals surface area contributed by atoms with E-state index in [9.17, 15) is 5.11 Å². The first-order valence-electron chi connectivity index (χ1n) is 9.28. The van der Waals surface area contributed by atoms with Crippen molar-refractivity contribution in [3.8, 4) is 0 Å². The number of aryl methyl sites for hydroxylation is 1. The number of hydrogen-bond acceptors (Lipinski definition) is 4. The SMILES string of the molecule is CCn1cc([C@@H]2OCCC[C@H]2CNC(C)c2cccc(CO)c2)cn1. The van der Waals surface area contributed by atoms with Crippen LogP contribution in [-0.2, 0) is 17.9 Å². The Kier molecular flexibility index (Phi) is 6.24. The van der Waals surface area contributed by atoms with Crippen LogP contribution in [0.1, 0.15) is 55.5 Å². The van der Waals surface area contributed by atoms with Gasteiger partial charge in [0.1, 0.15) is 0 Å². The first-order chi connectivity index (χ1) is 12.2. The molecule has 136 valence electrons. The van der Waals surface area contributed by atoms with Gasteiger partial charge in [-0.3, -0.25) is 4.68 Å². The van der Waals surface area contributed by atoms with E-state index in [1.165, 1.54) is 17.5 Å². The molecule has 0 saturated carbocycles. The highest BCUT2D eigenvalue weighted by Gasteiger charge is 2.28. The van der Waals surface area contributed by atoms with E-state index in [-0.39, 0.29) is 18.8 Å². The zero-order valence-corrected chi connectivity index (χ0v) is 15.2. The highest BCUT2D eigenvalue weighted by molar-refractivity contribution is 5.25. The van der Waals surface area contributed by atoms with Gasteiger partial charge in [0, 0.05) is 43.4 Å². The maximum absolute atomic E-state index is 9.32. The molecule has 2 heterocycles. The zero-order valence-electron chi connectivity index (χ0n) is 15.2. The Morgan fingerprint density at radius 2 is 2.32 bits per heavy atom. The smallest absolute Gasteiger partial charge is 0.0895 e. The molecule has 1 aliphatic rings. The molecule has 3 rings (SSSR count). The molecule has 5 heteroatoms. The van der Waals surface area contributed by atoms with Crippen LogP contribution in [0.4, 0.5) is 0 Å². The molecule has 1 unspecified atom stereocenters. The van der Waals surface area contributed by atoms with Crippen LogP contribution in [0.15, 0.2) is 36.7 Å². The summed E-state index contributed by atoms with van der Waals surface area (Å²) in [4.78, 5) is 0. The van der Waals surface area contributed by atoms with Crippen molar-refractivity contribution in [1.82, 2.24) is 15.1 Å². The van der Waals surface area contributed by atoms with Crippen LogP contribution < -0.4 is 5.32 Å². The van der Waals surface area contributed by atoms with Crippen molar-refractivity contribution < 1.29 is 9.84 Å². The number of aliphatic hydroxyl groups is 1. The summed E-state index contributed by atoms with van der Waals surface area (Å²) in [7, 11) is 0. The van der Waals surface area contributed by atoms with Crippen LogP contribution in [-0.4, -0.2) is 28.0 Å². The summed E-state index contributed by atoms with van der Waals surface area (Å²) < 4.78 is 8.04. The van der Waals surface area contributed by atoms with Crippen LogP contribution in [0.25, 0.3) is 0 Å². The molecule has 0 radical (unpaired) electrons. The van der Waals surface area contributed by atoms with E-state index in [0.29, 0.717) is 5.92 Å². The van der Waals surface area contributed by atoms with Gasteiger partial charge in [-0.25, -0.2) is 0 Å². The van der Waals surface area contributed by atoms with Crippen molar-refractivity contribution >= 4 is 0 Å². The lowest BCUT2D eigenvalue weighted by Gasteiger charge is -2.32. The van der Waals surface area contributed by atoms with E-state index in [1.807, 2.05) is 23.0 Å². The van der Waals surface area contributed by atoms with Crippen LogP contribution in [0, 0.1) is 5.92 Å². The maximum atomic E-state index is 9.32. The molecule has 1 fully saturated rings. The fourth-order valence-corrected chi connectivity index (χ4v) is 3.53. The highest BCUT2D eigenvalue weighted by atomic mass is 16.5. The normalized spacial score (nSPS) is 22.0. The second-order valence-electron chi connectivity index (χ2n) is 6.86. The summed E-state index contributed by atoms with van der Waals surface area (Å²) in [6.07, 6.45) is 6.45. The first-order valence-corrected chi connectivity index (χ1v) is 9.28. The molecular weight excluding hydrogens is 314 g/mol. The Bertz CT molecular complexity index is 670. The fourth-order valence-electron chi connectivity index (χ4n) is 3.53. The average Bonchev–Trinajstić information content (AvgIpc) is 3.15. The molecule has 1 aliphatic heterocycles. The van der Waals surface area contributed by atoms with E-state index >= 15 is 0 Å². The van der Waals surface area contributed by atoms with Gasteiger partial charge in [0.05, 0.1) is 18.9 Å². The highest BCUT2D eigenvalue weighted by Crippen LogP contribution is 2.33. The zero-order chi connectivity index (χ0) is 17.6. The van der Waals surface area contributed by atoms with E-state index < -0.39 is 0 Å². The van der Waals surface area contributed by atoms with Gasteiger partial charge in [-0.2, -0.15) is 5.10 Å². The summed E-state index contributed by atoms with van der Waals surface area (Å²) in [5.74, 6) is 0.451. The fraction of sp³-hybridized carbons (Fsp3) is 0.550. The molecule has 0 amide bonds. The van der Waals surface area contributed by atoms with Gasteiger partial charge in [-0.15, -0.1) is 0 Å². The summed E-state index contributed by atoms with van der Waals surface area (Å²) >= 11 is 0. The summed E-state index contributed by atoms with van der Waals surface area (Å²) in [6.45, 7) is 6.97. The van der Waals surface area contributed by atoms with E-state index in [1.54, 1.807) is 0 Å². The molecule has 1 aromatic heterocycles. The number of ether oxygens (including phenoxy) is 1. The molecule has 5 nitrogen and oxygen atoms in total. The van der Waals surface area contributed by atoms with Crippen LogP contribution in [0.5, 0.6) is 0 Å². The lowest BCUT2D eigenvalue weighted by molar-refractivity contribution is -0.0284. The van der Waals surface area contributed by atoms with Crippen molar-refractivity contribution in [1.29, 1.82) is 0 Å². The molecule has 1 saturated heterocycles. The number of aromatic nitrogens is 2. The standard InChI is InChI=1S/C20H29N3O2/c1-3-23-13-19(12-22-23)20-18(8-5-9-25-20)11-21-15(2)17-7-4-6-16(10-17)14-24/h4,6-7,10,12-13,15,18,20-21,24H,3,5,8-9,11,14H2,1-2H3/t15?,18-,20+/m0/s1. The molecule has 2 aromatic rings. The monoisotopic (exact) mass is 343 g/mol. The maximum Gasteiger partial charge on any atom is 0.0895 e. The van der Waals surface area contributed by atoms with E-state index in [4.69, 9.17) is 4.74 Å². The number of hydrogen-bond donors (Lipinski definition) is 2. The average molecular weight is 343 g/mol. The van der Waals surface area contributed by atoms with E-state index in [2.05, 4.69) is 42.6 Å². The Labute approximate surface area is 150 Å². The van der Waals surface area contributed by atoms with Crippen molar-refractivity contribution in [2.24, 2.45) is 5.92 Å². The van der Waals surface area contributed by atoms with Crippen molar-refractivity contribution in [2.75, 3.05) is 13.2 Å². The van der Waals surface area contributed by atoms with Gasteiger partial charge >= 0.3 is 0 Å². The predicted molar refractivity (Wildman–Crippen MR) is 98.1 cm³/mol. The predicted octanol–water partition coefficient (Wildman–Crippen LogP) is 3.21. The second-order valence-corrected chi connectivity index (χ2v) is 6.86. The third kappa shape index (κ3) is 4.48. The van der Waals surface area contributed by atoms with Crippen molar-refractivity contribution in [2.45, 2.75) is 52.0 Å². The molecule has 3 atom stereocenters. The minimum absolute atomic E-state index is 0.0838. The largest absolute Gasteiger partial charge is 0.392 e. The van der Waals surface area contributed by atoms with Gasteiger partial charge in [0.15, 0.2) is 0 Å². The molecule has 1 aromatic carbocycles. The first kappa shape index (κ1) is 18.1. The summed E-state index contributed by atoms with van der Waals surface area (Å²) in [5, 5.41) is 17.4. The second kappa shape index (κ2) is 8.61.